The summed E-state index contributed by atoms with van der Waals surface area (Å²) < 4.78 is 42.1. The summed E-state index contributed by atoms with van der Waals surface area (Å²) in [5.74, 6) is -0.538. The molecule has 1 aromatic carbocycles. The fourth-order valence-electron chi connectivity index (χ4n) is 4.95. The van der Waals surface area contributed by atoms with E-state index in [1.807, 2.05) is 30.2 Å². The van der Waals surface area contributed by atoms with Crippen molar-refractivity contribution in [2.75, 3.05) is 31.8 Å². The first-order valence-electron chi connectivity index (χ1n) is 11.8. The summed E-state index contributed by atoms with van der Waals surface area (Å²) in [5.41, 5.74) is 2.76. The Labute approximate surface area is 205 Å². The molecule has 10 heteroatoms. The van der Waals surface area contributed by atoms with E-state index in [1.54, 1.807) is 19.2 Å². The van der Waals surface area contributed by atoms with Crippen LogP contribution in [-0.2, 0) is 19.5 Å². The Bertz CT molecular complexity index is 1290. The molecule has 1 atom stereocenters. The number of nitrogens with zero attached hydrogens (tertiary/aromatic N) is 3. The van der Waals surface area contributed by atoms with Gasteiger partial charge in [-0.3, -0.25) is 4.79 Å². The van der Waals surface area contributed by atoms with Crippen LogP contribution in [0, 0.1) is 13.8 Å². The van der Waals surface area contributed by atoms with Gasteiger partial charge in [0.15, 0.2) is 6.61 Å². The molecule has 2 aliphatic rings. The van der Waals surface area contributed by atoms with Crippen LogP contribution in [0.2, 0.25) is 0 Å². The first-order chi connectivity index (χ1) is 16.6. The molecule has 0 bridgehead atoms. The summed E-state index contributed by atoms with van der Waals surface area (Å²) in [6, 6.07) is 6.28. The molecule has 4 rings (SSSR count). The number of ether oxygens (including phenoxy) is 2. The van der Waals surface area contributed by atoms with Gasteiger partial charge >= 0.3 is 5.97 Å². The van der Waals surface area contributed by atoms with Crippen LogP contribution in [0.15, 0.2) is 33.6 Å². The highest BCUT2D eigenvalue weighted by Crippen LogP contribution is 2.35. The lowest BCUT2D eigenvalue weighted by atomic mass is 10.1. The lowest BCUT2D eigenvalue weighted by molar-refractivity contribution is 0.0474. The number of hydrogen-bond acceptors (Lipinski definition) is 7. The number of aryl methyl sites for hydroxylation is 1. The summed E-state index contributed by atoms with van der Waals surface area (Å²) in [6.45, 7) is 6.50. The molecule has 3 heterocycles. The number of amidine groups is 1. The van der Waals surface area contributed by atoms with Crippen LogP contribution in [0.4, 0.5) is 5.69 Å². The second-order valence-electron chi connectivity index (χ2n) is 9.09. The molecule has 35 heavy (non-hydrogen) atoms. The standard InChI is InChI=1S/C25H31N3O6S/c1-16-12-20(18(3)28(16)17(2)14-33-4)22(29)15-34-25(30)19-9-10-21-23(13-19)35(31,32)26-24-8-6-5-7-11-27(21)24/h9-10,12-13,17H,5-8,11,14-15H2,1-4H3/t17-/m1/s1. The Morgan fingerprint density at radius 3 is 2.66 bits per heavy atom. The largest absolute Gasteiger partial charge is 0.454 e. The highest BCUT2D eigenvalue weighted by atomic mass is 32.2. The van der Waals surface area contributed by atoms with Crippen molar-refractivity contribution in [3.63, 3.8) is 0 Å². The molecular formula is C25H31N3O6S. The number of carbonyl (C=O) groups is 2. The van der Waals surface area contributed by atoms with Gasteiger partial charge in [0.05, 0.1) is 23.9 Å². The third-order valence-electron chi connectivity index (χ3n) is 6.55. The van der Waals surface area contributed by atoms with Crippen LogP contribution in [0.1, 0.15) is 70.8 Å². The van der Waals surface area contributed by atoms with Crippen molar-refractivity contribution in [1.29, 1.82) is 0 Å². The summed E-state index contributed by atoms with van der Waals surface area (Å²) in [4.78, 5) is 27.5. The Kier molecular flexibility index (Phi) is 7.14. The van der Waals surface area contributed by atoms with Crippen molar-refractivity contribution in [3.05, 3.63) is 46.8 Å². The Balaban J connectivity index is 1.51. The number of fused-ring (bicyclic) bond motifs is 3. The minimum atomic E-state index is -3.92. The maximum absolute atomic E-state index is 12.8. The van der Waals surface area contributed by atoms with Crippen LogP contribution in [-0.4, -0.2) is 57.4 Å². The maximum atomic E-state index is 12.8. The number of ketones is 1. The van der Waals surface area contributed by atoms with Crippen LogP contribution >= 0.6 is 0 Å². The van der Waals surface area contributed by atoms with E-state index >= 15 is 0 Å². The summed E-state index contributed by atoms with van der Waals surface area (Å²) in [5, 5.41) is 0. The van der Waals surface area contributed by atoms with E-state index in [1.165, 1.54) is 12.1 Å². The van der Waals surface area contributed by atoms with E-state index in [9.17, 15) is 18.0 Å². The van der Waals surface area contributed by atoms with Gasteiger partial charge in [-0.1, -0.05) is 6.42 Å². The van der Waals surface area contributed by atoms with Crippen LogP contribution in [0.25, 0.3) is 0 Å². The zero-order chi connectivity index (χ0) is 25.3. The van der Waals surface area contributed by atoms with Crippen molar-refractivity contribution in [2.24, 2.45) is 4.40 Å². The minimum Gasteiger partial charge on any atom is -0.454 e. The van der Waals surface area contributed by atoms with Gasteiger partial charge in [-0.25, -0.2) is 4.79 Å². The van der Waals surface area contributed by atoms with E-state index in [2.05, 4.69) is 4.40 Å². The van der Waals surface area contributed by atoms with E-state index < -0.39 is 22.6 Å². The number of rotatable bonds is 7. The molecule has 2 aliphatic heterocycles. The monoisotopic (exact) mass is 501 g/mol. The predicted octanol–water partition coefficient (Wildman–Crippen LogP) is 3.83. The van der Waals surface area contributed by atoms with Crippen LogP contribution < -0.4 is 4.90 Å². The number of anilines is 1. The van der Waals surface area contributed by atoms with Gasteiger partial charge in [0.1, 0.15) is 10.7 Å². The number of methoxy groups -OCH3 is 1. The SMILES string of the molecule is COC[C@@H](C)n1c(C)cc(C(=O)COC(=O)c2ccc3c(c2)S(=O)(=O)N=C2CCCCCN23)c1C. The number of hydrogen-bond donors (Lipinski definition) is 0. The number of sulfonamides is 1. The predicted molar refractivity (Wildman–Crippen MR) is 132 cm³/mol. The Hall–Kier alpha value is -2.98. The van der Waals surface area contributed by atoms with Gasteiger partial charge in [-0.2, -0.15) is 8.42 Å². The number of esters is 1. The quantitative estimate of drug-likeness (QED) is 0.419. The molecule has 0 N–H and O–H groups in total. The van der Waals surface area contributed by atoms with Gasteiger partial charge in [-0.05, 0) is 57.9 Å². The molecule has 188 valence electrons. The molecule has 0 unspecified atom stereocenters. The highest BCUT2D eigenvalue weighted by Gasteiger charge is 2.32. The average molecular weight is 502 g/mol. The van der Waals surface area contributed by atoms with Gasteiger partial charge < -0.3 is 18.9 Å². The molecule has 1 saturated heterocycles. The number of Topliss-reactive ketones (excluding diaryl/α,β-unsaturated/α-hetero) is 1. The molecule has 2 aromatic rings. The molecule has 0 amide bonds. The van der Waals surface area contributed by atoms with Crippen molar-refractivity contribution in [3.8, 4) is 0 Å². The van der Waals surface area contributed by atoms with Crippen molar-refractivity contribution in [1.82, 2.24) is 4.57 Å². The Morgan fingerprint density at radius 2 is 1.91 bits per heavy atom. The van der Waals surface area contributed by atoms with Crippen LogP contribution in [0.3, 0.4) is 0 Å². The molecule has 0 aliphatic carbocycles. The summed E-state index contributed by atoms with van der Waals surface area (Å²) in [6.07, 6.45) is 3.45. The fourth-order valence-corrected chi connectivity index (χ4v) is 6.24. The molecule has 1 fully saturated rings. The summed E-state index contributed by atoms with van der Waals surface area (Å²) >= 11 is 0. The van der Waals surface area contributed by atoms with Crippen molar-refractivity contribution in [2.45, 2.75) is 57.4 Å². The zero-order valence-corrected chi connectivity index (χ0v) is 21.4. The first-order valence-corrected chi connectivity index (χ1v) is 13.2. The lowest BCUT2D eigenvalue weighted by Crippen LogP contribution is -2.35. The normalized spacial score (nSPS) is 17.6. The lowest BCUT2D eigenvalue weighted by Gasteiger charge is -2.29. The average Bonchev–Trinajstić information content (AvgIpc) is 2.96. The minimum absolute atomic E-state index is 0.0143. The third kappa shape index (κ3) is 4.90. The number of aromatic nitrogens is 1. The second-order valence-corrected chi connectivity index (χ2v) is 10.7. The number of benzene rings is 1. The van der Waals surface area contributed by atoms with Gasteiger partial charge in [0.2, 0.25) is 5.78 Å². The van der Waals surface area contributed by atoms with Gasteiger partial charge in [-0.15, -0.1) is 4.40 Å². The molecule has 0 radical (unpaired) electrons. The van der Waals surface area contributed by atoms with E-state index in [0.717, 1.165) is 30.7 Å². The number of carbonyl (C=O) groups excluding carboxylic acids is 2. The van der Waals surface area contributed by atoms with Crippen molar-refractivity contribution < 1.29 is 27.5 Å². The first kappa shape index (κ1) is 25.1. The molecule has 0 saturated carbocycles. The van der Waals surface area contributed by atoms with Crippen molar-refractivity contribution >= 4 is 33.3 Å². The van der Waals surface area contributed by atoms with Crippen LogP contribution in [0.5, 0.6) is 0 Å². The van der Waals surface area contributed by atoms with Gasteiger partial charge in [0.25, 0.3) is 10.0 Å². The van der Waals surface area contributed by atoms with Gasteiger partial charge in [0, 0.05) is 37.0 Å². The van der Waals surface area contributed by atoms with E-state index in [-0.39, 0.29) is 22.3 Å². The molecule has 1 aromatic heterocycles. The molecular weight excluding hydrogens is 470 g/mol. The third-order valence-corrected chi connectivity index (χ3v) is 7.89. The second kappa shape index (κ2) is 9.94. The van der Waals surface area contributed by atoms with E-state index in [4.69, 9.17) is 9.47 Å². The molecule has 9 nitrogen and oxygen atoms in total. The highest BCUT2D eigenvalue weighted by molar-refractivity contribution is 7.90. The Morgan fingerprint density at radius 1 is 1.14 bits per heavy atom. The zero-order valence-electron chi connectivity index (χ0n) is 20.5. The molecule has 0 spiro atoms. The van der Waals surface area contributed by atoms with E-state index in [0.29, 0.717) is 36.7 Å². The maximum Gasteiger partial charge on any atom is 0.338 e. The smallest absolute Gasteiger partial charge is 0.338 e. The topological polar surface area (TPSA) is 107 Å². The summed E-state index contributed by atoms with van der Waals surface area (Å²) in [7, 11) is -2.29. The fraction of sp³-hybridized carbons (Fsp3) is 0.480.